The van der Waals surface area contributed by atoms with Gasteiger partial charge in [0.1, 0.15) is 4.90 Å². The van der Waals surface area contributed by atoms with Gasteiger partial charge in [-0.1, -0.05) is 35.9 Å². The van der Waals surface area contributed by atoms with Crippen LogP contribution in [-0.2, 0) is 24.3 Å². The average molecular weight is 474 g/mol. The zero-order chi connectivity index (χ0) is 23.3. The number of nitrogens with one attached hydrogen (secondary N) is 1. The molecule has 166 valence electrons. The number of carbonyl (C=O) groups excluding carboxylic acids is 2. The quantitative estimate of drug-likeness (QED) is 0.416. The number of benzene rings is 2. The summed E-state index contributed by atoms with van der Waals surface area (Å²) in [6, 6.07) is 15.3. The molecular formula is C22H20ClN3O5S. The van der Waals surface area contributed by atoms with E-state index in [0.717, 1.165) is 15.2 Å². The van der Waals surface area contributed by atoms with Gasteiger partial charge >= 0.3 is 5.97 Å². The molecule has 0 saturated carbocycles. The van der Waals surface area contributed by atoms with Crippen molar-refractivity contribution in [3.05, 3.63) is 71.4 Å². The van der Waals surface area contributed by atoms with Crippen LogP contribution >= 0.6 is 11.6 Å². The van der Waals surface area contributed by atoms with Gasteiger partial charge in [-0.3, -0.25) is 4.79 Å². The Morgan fingerprint density at radius 2 is 1.88 bits per heavy atom. The number of pyridine rings is 1. The molecule has 0 aliphatic carbocycles. The Morgan fingerprint density at radius 1 is 1.12 bits per heavy atom. The van der Waals surface area contributed by atoms with Gasteiger partial charge in [-0.2, -0.15) is 0 Å². The van der Waals surface area contributed by atoms with Gasteiger partial charge in [-0.15, -0.1) is 0 Å². The van der Waals surface area contributed by atoms with E-state index in [4.69, 9.17) is 16.3 Å². The van der Waals surface area contributed by atoms with Crippen molar-refractivity contribution >= 4 is 56.2 Å². The number of para-hydroxylation sites is 1. The molecule has 0 bridgehead atoms. The largest absolute Gasteiger partial charge is 0.452 e. The van der Waals surface area contributed by atoms with E-state index < -0.39 is 28.5 Å². The zero-order valence-corrected chi connectivity index (χ0v) is 18.9. The second kappa shape index (κ2) is 9.90. The highest BCUT2D eigenvalue weighted by Crippen LogP contribution is 2.26. The number of halogens is 1. The van der Waals surface area contributed by atoms with E-state index in [1.807, 2.05) is 30.3 Å². The predicted octanol–water partition coefficient (Wildman–Crippen LogP) is 3.33. The SMILES string of the molecule is CN(C)S(=O)(=O)c1cc(NC(=O)COC(=O)/C=C/c2ccc3ccccc3n2)ccc1Cl. The highest BCUT2D eigenvalue weighted by molar-refractivity contribution is 7.89. The lowest BCUT2D eigenvalue weighted by atomic mass is 10.2. The number of nitrogens with zero attached hydrogens (tertiary/aromatic N) is 2. The first-order valence-corrected chi connectivity index (χ1v) is 11.2. The Labute approximate surface area is 190 Å². The zero-order valence-electron chi connectivity index (χ0n) is 17.3. The molecule has 1 amide bonds. The smallest absolute Gasteiger partial charge is 0.331 e. The molecule has 0 fully saturated rings. The number of hydrogen-bond acceptors (Lipinski definition) is 6. The standard InChI is InChI=1S/C22H20ClN3O5S/c1-26(2)32(29,30)20-13-17(9-11-18(20)23)25-21(27)14-31-22(28)12-10-16-8-7-15-5-3-4-6-19(15)24-16/h3-13H,14H2,1-2H3,(H,25,27)/b12-10+. The monoisotopic (exact) mass is 473 g/mol. The summed E-state index contributed by atoms with van der Waals surface area (Å²) < 4.78 is 30.6. The molecule has 3 rings (SSSR count). The van der Waals surface area contributed by atoms with E-state index >= 15 is 0 Å². The molecular weight excluding hydrogens is 454 g/mol. The number of sulfonamides is 1. The number of carbonyl (C=O) groups is 2. The van der Waals surface area contributed by atoms with Gasteiger partial charge in [0.2, 0.25) is 10.0 Å². The van der Waals surface area contributed by atoms with Crippen LogP contribution in [0.5, 0.6) is 0 Å². The van der Waals surface area contributed by atoms with Crippen molar-refractivity contribution in [2.45, 2.75) is 4.90 Å². The van der Waals surface area contributed by atoms with Crippen LogP contribution in [0.15, 0.2) is 65.6 Å². The van der Waals surface area contributed by atoms with Crippen molar-refractivity contribution < 1.29 is 22.7 Å². The molecule has 0 atom stereocenters. The lowest BCUT2D eigenvalue weighted by Gasteiger charge is -2.14. The van der Waals surface area contributed by atoms with Crippen LogP contribution < -0.4 is 5.32 Å². The minimum atomic E-state index is -3.79. The first kappa shape index (κ1) is 23.4. The maximum absolute atomic E-state index is 12.3. The van der Waals surface area contributed by atoms with Crippen LogP contribution in [0.4, 0.5) is 5.69 Å². The first-order chi connectivity index (χ1) is 15.2. The summed E-state index contributed by atoms with van der Waals surface area (Å²) in [4.78, 5) is 28.3. The van der Waals surface area contributed by atoms with Gasteiger partial charge in [0.15, 0.2) is 6.61 Å². The average Bonchev–Trinajstić information content (AvgIpc) is 2.77. The molecule has 0 spiro atoms. The lowest BCUT2D eigenvalue weighted by molar-refractivity contribution is -0.142. The van der Waals surface area contributed by atoms with E-state index in [2.05, 4.69) is 10.3 Å². The summed E-state index contributed by atoms with van der Waals surface area (Å²) >= 11 is 5.98. The van der Waals surface area contributed by atoms with Crippen molar-refractivity contribution in [2.24, 2.45) is 0 Å². The van der Waals surface area contributed by atoms with Crippen LogP contribution in [0.1, 0.15) is 5.69 Å². The summed E-state index contributed by atoms with van der Waals surface area (Å²) in [7, 11) is -1.04. The molecule has 10 heteroatoms. The highest BCUT2D eigenvalue weighted by atomic mass is 35.5. The van der Waals surface area contributed by atoms with Gasteiger partial charge in [0.05, 0.1) is 16.2 Å². The fraction of sp³-hybridized carbons (Fsp3) is 0.136. The van der Waals surface area contributed by atoms with E-state index in [9.17, 15) is 18.0 Å². The normalized spacial score (nSPS) is 11.8. The Bertz CT molecular complexity index is 1310. The third-order valence-electron chi connectivity index (χ3n) is 4.33. The Hall–Kier alpha value is -3.27. The third kappa shape index (κ3) is 5.70. The van der Waals surface area contributed by atoms with Crippen LogP contribution in [0, 0.1) is 0 Å². The molecule has 0 radical (unpaired) electrons. The van der Waals surface area contributed by atoms with E-state index in [0.29, 0.717) is 5.69 Å². The van der Waals surface area contributed by atoms with Crippen molar-refractivity contribution in [3.8, 4) is 0 Å². The first-order valence-electron chi connectivity index (χ1n) is 9.39. The van der Waals surface area contributed by atoms with Crippen molar-refractivity contribution in [3.63, 3.8) is 0 Å². The van der Waals surface area contributed by atoms with Gasteiger partial charge in [-0.25, -0.2) is 22.5 Å². The summed E-state index contributed by atoms with van der Waals surface area (Å²) in [5.74, 6) is -1.35. The lowest BCUT2D eigenvalue weighted by Crippen LogP contribution is -2.23. The number of ether oxygens (including phenoxy) is 1. The number of hydrogen-bond donors (Lipinski definition) is 1. The van der Waals surface area contributed by atoms with Crippen LogP contribution in [-0.4, -0.2) is 50.3 Å². The highest BCUT2D eigenvalue weighted by Gasteiger charge is 2.21. The Kier molecular flexibility index (Phi) is 7.24. The molecule has 0 aliphatic heterocycles. The summed E-state index contributed by atoms with van der Waals surface area (Å²) in [5.41, 5.74) is 1.56. The number of aromatic nitrogens is 1. The van der Waals surface area contributed by atoms with Crippen LogP contribution in [0.3, 0.4) is 0 Å². The fourth-order valence-corrected chi connectivity index (χ4v) is 4.08. The summed E-state index contributed by atoms with van der Waals surface area (Å²) in [6.07, 6.45) is 2.67. The number of fused-ring (bicyclic) bond motifs is 1. The van der Waals surface area contributed by atoms with Crippen molar-refractivity contribution in [1.29, 1.82) is 0 Å². The number of anilines is 1. The van der Waals surface area contributed by atoms with E-state index in [1.165, 1.54) is 44.4 Å². The molecule has 32 heavy (non-hydrogen) atoms. The van der Waals surface area contributed by atoms with Crippen molar-refractivity contribution in [2.75, 3.05) is 26.0 Å². The molecule has 0 unspecified atom stereocenters. The van der Waals surface area contributed by atoms with E-state index in [1.54, 1.807) is 6.07 Å². The molecule has 0 aliphatic rings. The second-order valence-electron chi connectivity index (χ2n) is 6.85. The van der Waals surface area contributed by atoms with Gasteiger partial charge in [0, 0.05) is 31.2 Å². The maximum atomic E-state index is 12.3. The number of rotatable bonds is 7. The summed E-state index contributed by atoms with van der Waals surface area (Å²) in [6.45, 7) is -0.549. The maximum Gasteiger partial charge on any atom is 0.331 e. The minimum Gasteiger partial charge on any atom is -0.452 e. The molecule has 0 saturated heterocycles. The van der Waals surface area contributed by atoms with Crippen LogP contribution in [0.2, 0.25) is 5.02 Å². The number of amides is 1. The number of esters is 1. The second-order valence-corrected chi connectivity index (χ2v) is 9.38. The molecule has 1 aromatic heterocycles. The predicted molar refractivity (Wildman–Crippen MR) is 123 cm³/mol. The van der Waals surface area contributed by atoms with Gasteiger partial charge in [0.25, 0.3) is 5.91 Å². The molecule has 1 heterocycles. The van der Waals surface area contributed by atoms with Gasteiger partial charge in [-0.05, 0) is 36.4 Å². The molecule has 8 nitrogen and oxygen atoms in total. The molecule has 2 aromatic carbocycles. The Morgan fingerprint density at radius 3 is 2.62 bits per heavy atom. The minimum absolute atomic E-state index is 0.0237. The molecule has 1 N–H and O–H groups in total. The topological polar surface area (TPSA) is 106 Å². The molecule has 3 aromatic rings. The Balaban J connectivity index is 1.58. The van der Waals surface area contributed by atoms with Crippen molar-refractivity contribution in [1.82, 2.24) is 9.29 Å². The van der Waals surface area contributed by atoms with Gasteiger partial charge < -0.3 is 10.1 Å². The third-order valence-corrected chi connectivity index (χ3v) is 6.63. The van der Waals surface area contributed by atoms with E-state index in [-0.39, 0.29) is 15.6 Å². The van der Waals surface area contributed by atoms with Crippen LogP contribution in [0.25, 0.3) is 17.0 Å². The summed E-state index contributed by atoms with van der Waals surface area (Å²) in [5, 5.41) is 3.48. The fourth-order valence-electron chi connectivity index (χ4n) is 2.69.